The molecule has 0 bridgehead atoms. The molecule has 1 amide bonds. The Balaban J connectivity index is 2.23. The Morgan fingerprint density at radius 2 is 1.94 bits per heavy atom. The highest BCUT2D eigenvalue weighted by Gasteiger charge is 2.08. The van der Waals surface area contributed by atoms with E-state index < -0.39 is 0 Å². The first-order valence-corrected chi connectivity index (χ1v) is 6.34. The van der Waals surface area contributed by atoms with Gasteiger partial charge in [0.15, 0.2) is 0 Å². The number of nitriles is 1. The second-order valence-electron chi connectivity index (χ2n) is 3.63. The average molecular weight is 348 g/mol. The molecule has 3 nitrogen and oxygen atoms in total. The molecule has 0 atom stereocenters. The Morgan fingerprint density at radius 1 is 1.17 bits per heavy atom. The van der Waals surface area contributed by atoms with Gasteiger partial charge in [-0.25, -0.2) is 0 Å². The van der Waals surface area contributed by atoms with E-state index in [-0.39, 0.29) is 5.91 Å². The van der Waals surface area contributed by atoms with Gasteiger partial charge in [-0.15, -0.1) is 0 Å². The number of carbonyl (C=O) groups excluding carboxylic acids is 1. The number of benzene rings is 2. The summed E-state index contributed by atoms with van der Waals surface area (Å²) in [4.78, 5) is 12.0. The van der Waals surface area contributed by atoms with E-state index in [4.69, 9.17) is 5.26 Å². The first-order valence-electron chi connectivity index (χ1n) is 5.27. The molecule has 2 rings (SSSR count). The summed E-state index contributed by atoms with van der Waals surface area (Å²) in [6.45, 7) is 0. The molecule has 0 fully saturated rings. The van der Waals surface area contributed by atoms with Crippen molar-refractivity contribution in [3.8, 4) is 6.07 Å². The van der Waals surface area contributed by atoms with Gasteiger partial charge < -0.3 is 5.32 Å². The number of halogens is 1. The standard InChI is InChI=1S/C14H9IN2O/c15-12-6-1-2-7-13(12)17-14(18)11-5-3-4-10(8-11)9-16/h1-8H,(H,17,18). The minimum atomic E-state index is -0.212. The molecular weight excluding hydrogens is 339 g/mol. The van der Waals surface area contributed by atoms with Gasteiger partial charge in [-0.05, 0) is 52.9 Å². The molecule has 0 aliphatic carbocycles. The molecule has 0 saturated heterocycles. The van der Waals surface area contributed by atoms with Crippen LogP contribution in [0.1, 0.15) is 15.9 Å². The lowest BCUT2D eigenvalue weighted by molar-refractivity contribution is 0.102. The molecule has 2 aromatic rings. The first-order chi connectivity index (χ1) is 8.70. The molecule has 18 heavy (non-hydrogen) atoms. The fourth-order valence-electron chi connectivity index (χ4n) is 1.49. The highest BCUT2D eigenvalue weighted by atomic mass is 127. The van der Waals surface area contributed by atoms with E-state index in [1.54, 1.807) is 24.3 Å². The molecule has 1 N–H and O–H groups in total. The van der Waals surface area contributed by atoms with Gasteiger partial charge in [-0.2, -0.15) is 5.26 Å². The largest absolute Gasteiger partial charge is 0.321 e. The molecule has 0 aliphatic rings. The topological polar surface area (TPSA) is 52.9 Å². The monoisotopic (exact) mass is 348 g/mol. The maximum atomic E-state index is 12.0. The van der Waals surface area contributed by atoms with Gasteiger partial charge >= 0.3 is 0 Å². The Kier molecular flexibility index (Phi) is 3.95. The lowest BCUT2D eigenvalue weighted by atomic mass is 10.1. The third-order valence-electron chi connectivity index (χ3n) is 2.38. The van der Waals surface area contributed by atoms with Crippen LogP contribution in [0.15, 0.2) is 48.5 Å². The highest BCUT2D eigenvalue weighted by Crippen LogP contribution is 2.18. The van der Waals surface area contributed by atoms with Crippen molar-refractivity contribution < 1.29 is 4.79 Å². The van der Waals surface area contributed by atoms with E-state index in [9.17, 15) is 4.79 Å². The Hall–Kier alpha value is -1.87. The summed E-state index contributed by atoms with van der Waals surface area (Å²) >= 11 is 2.16. The number of para-hydroxylation sites is 1. The number of amides is 1. The van der Waals surface area contributed by atoms with Crippen molar-refractivity contribution >= 4 is 34.2 Å². The van der Waals surface area contributed by atoms with Crippen LogP contribution in [0.2, 0.25) is 0 Å². The number of hydrogen-bond acceptors (Lipinski definition) is 2. The minimum Gasteiger partial charge on any atom is -0.321 e. The van der Waals surface area contributed by atoms with Crippen LogP contribution in [0, 0.1) is 14.9 Å². The van der Waals surface area contributed by atoms with Crippen molar-refractivity contribution in [3.05, 3.63) is 63.2 Å². The lowest BCUT2D eigenvalue weighted by Crippen LogP contribution is -2.12. The molecule has 88 valence electrons. The molecule has 0 aromatic heterocycles. The smallest absolute Gasteiger partial charge is 0.255 e. The molecule has 0 unspecified atom stereocenters. The van der Waals surface area contributed by atoms with Crippen LogP contribution in [0.3, 0.4) is 0 Å². The van der Waals surface area contributed by atoms with E-state index in [0.717, 1.165) is 9.26 Å². The number of nitrogens with zero attached hydrogens (tertiary/aromatic N) is 1. The minimum absolute atomic E-state index is 0.212. The zero-order valence-electron chi connectivity index (χ0n) is 9.35. The summed E-state index contributed by atoms with van der Waals surface area (Å²) in [6.07, 6.45) is 0. The first kappa shape index (κ1) is 12.6. The van der Waals surface area contributed by atoms with Crippen LogP contribution in [0.25, 0.3) is 0 Å². The van der Waals surface area contributed by atoms with Crippen LogP contribution in [-0.2, 0) is 0 Å². The van der Waals surface area contributed by atoms with Gasteiger partial charge in [-0.1, -0.05) is 18.2 Å². The normalized spacial score (nSPS) is 9.56. The van der Waals surface area contributed by atoms with E-state index >= 15 is 0 Å². The zero-order chi connectivity index (χ0) is 13.0. The quantitative estimate of drug-likeness (QED) is 0.846. The van der Waals surface area contributed by atoms with E-state index in [0.29, 0.717) is 11.1 Å². The average Bonchev–Trinajstić information content (AvgIpc) is 2.41. The summed E-state index contributed by atoms with van der Waals surface area (Å²) in [6, 6.07) is 16.2. The van der Waals surface area contributed by atoms with Gasteiger partial charge in [-0.3, -0.25) is 4.79 Å². The van der Waals surface area contributed by atoms with E-state index in [2.05, 4.69) is 27.9 Å². The number of rotatable bonds is 2. The number of nitrogens with one attached hydrogen (secondary N) is 1. The molecule has 0 saturated carbocycles. The Morgan fingerprint density at radius 3 is 2.67 bits per heavy atom. The molecule has 0 radical (unpaired) electrons. The predicted octanol–water partition coefficient (Wildman–Crippen LogP) is 3.42. The third-order valence-corrected chi connectivity index (χ3v) is 3.32. The van der Waals surface area contributed by atoms with E-state index in [1.807, 2.05) is 30.3 Å². The summed E-state index contributed by atoms with van der Waals surface area (Å²) in [7, 11) is 0. The van der Waals surface area contributed by atoms with Crippen LogP contribution in [0.4, 0.5) is 5.69 Å². The van der Waals surface area contributed by atoms with Crippen molar-refractivity contribution in [2.75, 3.05) is 5.32 Å². The molecule has 4 heteroatoms. The van der Waals surface area contributed by atoms with Crippen LogP contribution in [0.5, 0.6) is 0 Å². The maximum absolute atomic E-state index is 12.0. The van der Waals surface area contributed by atoms with Gasteiger partial charge in [0.2, 0.25) is 0 Å². The maximum Gasteiger partial charge on any atom is 0.255 e. The molecule has 0 spiro atoms. The fourth-order valence-corrected chi connectivity index (χ4v) is 2.01. The van der Waals surface area contributed by atoms with Crippen molar-refractivity contribution in [3.63, 3.8) is 0 Å². The highest BCUT2D eigenvalue weighted by molar-refractivity contribution is 14.1. The Labute approximate surface area is 119 Å². The summed E-state index contributed by atoms with van der Waals surface area (Å²) in [5, 5.41) is 11.6. The van der Waals surface area contributed by atoms with E-state index in [1.165, 1.54) is 0 Å². The summed E-state index contributed by atoms with van der Waals surface area (Å²) in [5.41, 5.74) is 1.73. The van der Waals surface area contributed by atoms with Crippen molar-refractivity contribution in [2.45, 2.75) is 0 Å². The molecular formula is C14H9IN2O. The summed E-state index contributed by atoms with van der Waals surface area (Å²) < 4.78 is 0.972. The van der Waals surface area contributed by atoms with Crippen LogP contribution in [-0.4, -0.2) is 5.91 Å². The number of anilines is 1. The predicted molar refractivity (Wildman–Crippen MR) is 78.3 cm³/mol. The molecule has 2 aromatic carbocycles. The SMILES string of the molecule is N#Cc1cccc(C(=O)Nc2ccccc2I)c1. The second kappa shape index (κ2) is 5.65. The van der Waals surface area contributed by atoms with Crippen molar-refractivity contribution in [2.24, 2.45) is 0 Å². The molecule has 0 heterocycles. The fraction of sp³-hybridized carbons (Fsp3) is 0. The third kappa shape index (κ3) is 2.87. The van der Waals surface area contributed by atoms with Gasteiger partial charge in [0, 0.05) is 9.13 Å². The van der Waals surface area contributed by atoms with Gasteiger partial charge in [0.1, 0.15) is 0 Å². The van der Waals surface area contributed by atoms with Crippen molar-refractivity contribution in [1.29, 1.82) is 5.26 Å². The van der Waals surface area contributed by atoms with Crippen molar-refractivity contribution in [1.82, 2.24) is 0 Å². The lowest BCUT2D eigenvalue weighted by Gasteiger charge is -2.07. The Bertz CT molecular complexity index is 632. The second-order valence-corrected chi connectivity index (χ2v) is 4.79. The van der Waals surface area contributed by atoms with Gasteiger partial charge in [0.05, 0.1) is 17.3 Å². The van der Waals surface area contributed by atoms with Crippen LogP contribution < -0.4 is 5.32 Å². The molecule has 0 aliphatic heterocycles. The summed E-state index contributed by atoms with van der Waals surface area (Å²) in [5.74, 6) is -0.212. The number of hydrogen-bond donors (Lipinski definition) is 1. The van der Waals surface area contributed by atoms with Gasteiger partial charge in [0.25, 0.3) is 5.91 Å². The number of carbonyl (C=O) groups is 1. The zero-order valence-corrected chi connectivity index (χ0v) is 11.5. The van der Waals surface area contributed by atoms with Crippen LogP contribution >= 0.6 is 22.6 Å².